The SMILES string of the molecule is CCCCCn1cnc2c(NCc3cccc(OC)c3O)nc(NC(CC)CO)nc21. The summed E-state index contributed by atoms with van der Waals surface area (Å²) in [6.45, 7) is 5.33. The molecular formula is C22H32N6O3. The molecule has 0 amide bonds. The first kappa shape index (κ1) is 22.6. The average Bonchev–Trinajstić information content (AvgIpc) is 3.19. The van der Waals surface area contributed by atoms with Crippen molar-refractivity contribution in [2.75, 3.05) is 24.4 Å². The monoisotopic (exact) mass is 428 g/mol. The van der Waals surface area contributed by atoms with E-state index >= 15 is 0 Å². The van der Waals surface area contributed by atoms with E-state index in [4.69, 9.17) is 4.74 Å². The second-order valence-corrected chi connectivity index (χ2v) is 7.47. The van der Waals surface area contributed by atoms with Gasteiger partial charge in [0.1, 0.15) is 0 Å². The number of hydrogen-bond acceptors (Lipinski definition) is 8. The first-order valence-corrected chi connectivity index (χ1v) is 10.8. The van der Waals surface area contributed by atoms with Gasteiger partial charge >= 0.3 is 0 Å². The number of unbranched alkanes of at least 4 members (excludes halogenated alkanes) is 2. The van der Waals surface area contributed by atoms with Crippen molar-refractivity contribution in [1.82, 2.24) is 19.5 Å². The summed E-state index contributed by atoms with van der Waals surface area (Å²) in [5.74, 6) is 1.51. The van der Waals surface area contributed by atoms with Gasteiger partial charge in [0, 0.05) is 18.7 Å². The third-order valence-corrected chi connectivity index (χ3v) is 5.26. The zero-order valence-corrected chi connectivity index (χ0v) is 18.4. The number of phenolic OH excluding ortho intramolecular Hbond substituents is 1. The van der Waals surface area contributed by atoms with E-state index < -0.39 is 0 Å². The highest BCUT2D eigenvalue weighted by atomic mass is 16.5. The Kier molecular flexibility index (Phi) is 7.88. The van der Waals surface area contributed by atoms with Gasteiger partial charge in [0.05, 0.1) is 26.1 Å². The predicted octanol–water partition coefficient (Wildman–Crippen LogP) is 3.53. The third-order valence-electron chi connectivity index (χ3n) is 5.26. The lowest BCUT2D eigenvalue weighted by atomic mass is 10.2. The number of ether oxygens (including phenoxy) is 1. The summed E-state index contributed by atoms with van der Waals surface area (Å²) in [6.07, 6.45) is 5.85. The van der Waals surface area contributed by atoms with Crippen LogP contribution in [0.1, 0.15) is 45.1 Å². The number of rotatable bonds is 12. The summed E-state index contributed by atoms with van der Waals surface area (Å²) in [7, 11) is 1.52. The van der Waals surface area contributed by atoms with Crippen molar-refractivity contribution in [2.45, 2.75) is 58.7 Å². The highest BCUT2D eigenvalue weighted by Crippen LogP contribution is 2.30. The van der Waals surface area contributed by atoms with E-state index in [-0.39, 0.29) is 18.4 Å². The molecule has 3 rings (SSSR count). The molecule has 2 heterocycles. The number of benzene rings is 1. The molecule has 0 bridgehead atoms. The molecule has 1 atom stereocenters. The standard InChI is InChI=1S/C22H32N6O3/c1-4-6-7-11-28-14-24-18-20(23-12-15-9-8-10-17(31-3)19(15)30)26-22(27-21(18)28)25-16(5-2)13-29/h8-10,14,16,29-30H,4-7,11-13H2,1-3H3,(H2,23,25,26,27). The topological polar surface area (TPSA) is 117 Å². The quantitative estimate of drug-likeness (QED) is 0.324. The fourth-order valence-corrected chi connectivity index (χ4v) is 3.34. The number of para-hydroxylation sites is 1. The largest absolute Gasteiger partial charge is 0.504 e. The predicted molar refractivity (Wildman–Crippen MR) is 122 cm³/mol. The van der Waals surface area contributed by atoms with E-state index in [9.17, 15) is 10.2 Å². The Morgan fingerprint density at radius 2 is 2.03 bits per heavy atom. The fourth-order valence-electron chi connectivity index (χ4n) is 3.34. The van der Waals surface area contributed by atoms with Crippen LogP contribution in [0.25, 0.3) is 11.2 Å². The van der Waals surface area contributed by atoms with Crippen LogP contribution in [0.5, 0.6) is 11.5 Å². The molecule has 0 saturated carbocycles. The summed E-state index contributed by atoms with van der Waals surface area (Å²) < 4.78 is 7.23. The number of imidazole rings is 1. The summed E-state index contributed by atoms with van der Waals surface area (Å²) >= 11 is 0. The Morgan fingerprint density at radius 3 is 2.74 bits per heavy atom. The van der Waals surface area contributed by atoms with Crippen molar-refractivity contribution >= 4 is 22.9 Å². The Bertz CT molecular complexity index is 987. The van der Waals surface area contributed by atoms with Crippen LogP contribution in [0.15, 0.2) is 24.5 Å². The molecule has 4 N–H and O–H groups in total. The number of anilines is 2. The molecular weight excluding hydrogens is 396 g/mol. The van der Waals surface area contributed by atoms with Gasteiger partial charge in [-0.25, -0.2) is 4.98 Å². The van der Waals surface area contributed by atoms with Crippen LogP contribution in [-0.4, -0.2) is 49.5 Å². The molecule has 0 spiro atoms. The molecule has 0 aliphatic carbocycles. The Balaban J connectivity index is 1.92. The molecule has 0 aliphatic heterocycles. The van der Waals surface area contributed by atoms with Crippen LogP contribution in [-0.2, 0) is 13.1 Å². The summed E-state index contributed by atoms with van der Waals surface area (Å²) in [4.78, 5) is 13.8. The minimum absolute atomic E-state index is 0.00585. The zero-order chi connectivity index (χ0) is 22.2. The van der Waals surface area contributed by atoms with Gasteiger partial charge in [0.25, 0.3) is 0 Å². The van der Waals surface area contributed by atoms with E-state index in [1.807, 2.05) is 23.6 Å². The van der Waals surface area contributed by atoms with Gasteiger partial charge in [-0.15, -0.1) is 0 Å². The maximum atomic E-state index is 10.4. The molecule has 1 unspecified atom stereocenters. The number of fused-ring (bicyclic) bond motifs is 1. The number of aliphatic hydroxyl groups is 1. The molecule has 9 heteroatoms. The molecule has 3 aromatic rings. The fraction of sp³-hybridized carbons (Fsp3) is 0.500. The molecule has 168 valence electrons. The minimum atomic E-state index is -0.135. The number of aromatic hydroxyl groups is 1. The highest BCUT2D eigenvalue weighted by Gasteiger charge is 2.16. The minimum Gasteiger partial charge on any atom is -0.504 e. The molecule has 9 nitrogen and oxygen atoms in total. The van der Waals surface area contributed by atoms with Crippen LogP contribution in [0, 0.1) is 0 Å². The van der Waals surface area contributed by atoms with Crippen LogP contribution in [0.4, 0.5) is 11.8 Å². The van der Waals surface area contributed by atoms with Crippen LogP contribution >= 0.6 is 0 Å². The first-order chi connectivity index (χ1) is 15.1. The van der Waals surface area contributed by atoms with Gasteiger partial charge in [0.2, 0.25) is 5.95 Å². The Labute approximate surface area is 182 Å². The van der Waals surface area contributed by atoms with Gasteiger partial charge in [-0.2, -0.15) is 9.97 Å². The van der Waals surface area contributed by atoms with E-state index in [1.54, 1.807) is 12.4 Å². The van der Waals surface area contributed by atoms with Gasteiger partial charge < -0.3 is 30.2 Å². The van der Waals surface area contributed by atoms with Gasteiger partial charge in [0.15, 0.2) is 28.5 Å². The van der Waals surface area contributed by atoms with Crippen molar-refractivity contribution in [3.8, 4) is 11.5 Å². The van der Waals surface area contributed by atoms with Gasteiger partial charge in [-0.05, 0) is 18.9 Å². The molecule has 0 fully saturated rings. The van der Waals surface area contributed by atoms with Gasteiger partial charge in [-0.3, -0.25) is 0 Å². The maximum absolute atomic E-state index is 10.4. The number of aromatic nitrogens is 4. The van der Waals surface area contributed by atoms with E-state index in [0.717, 1.165) is 37.9 Å². The lowest BCUT2D eigenvalue weighted by Gasteiger charge is -2.16. The molecule has 0 radical (unpaired) electrons. The number of aliphatic hydroxyl groups excluding tert-OH is 1. The maximum Gasteiger partial charge on any atom is 0.227 e. The van der Waals surface area contributed by atoms with Crippen molar-refractivity contribution in [1.29, 1.82) is 0 Å². The van der Waals surface area contributed by atoms with E-state index in [1.165, 1.54) is 7.11 Å². The lowest BCUT2D eigenvalue weighted by molar-refractivity contribution is 0.271. The number of nitrogens with zero attached hydrogens (tertiary/aromatic N) is 4. The first-order valence-electron chi connectivity index (χ1n) is 10.8. The number of methoxy groups -OCH3 is 1. The van der Waals surface area contributed by atoms with Crippen LogP contribution in [0.3, 0.4) is 0 Å². The van der Waals surface area contributed by atoms with Crippen molar-refractivity contribution < 1.29 is 14.9 Å². The summed E-state index contributed by atoms with van der Waals surface area (Å²) in [6, 6.07) is 5.23. The number of aryl methyl sites for hydroxylation is 1. The lowest BCUT2D eigenvalue weighted by Crippen LogP contribution is -2.24. The highest BCUT2D eigenvalue weighted by molar-refractivity contribution is 5.84. The second-order valence-electron chi connectivity index (χ2n) is 7.47. The van der Waals surface area contributed by atoms with E-state index in [0.29, 0.717) is 35.1 Å². The number of phenols is 1. The molecule has 1 aromatic carbocycles. The normalized spacial score (nSPS) is 12.1. The summed E-state index contributed by atoms with van der Waals surface area (Å²) in [5, 5.41) is 26.4. The molecule has 0 aliphatic rings. The molecule has 31 heavy (non-hydrogen) atoms. The van der Waals surface area contributed by atoms with E-state index in [2.05, 4.69) is 32.5 Å². The Morgan fingerprint density at radius 1 is 1.19 bits per heavy atom. The third kappa shape index (κ3) is 5.35. The van der Waals surface area contributed by atoms with Crippen LogP contribution < -0.4 is 15.4 Å². The number of hydrogen-bond donors (Lipinski definition) is 4. The molecule has 0 saturated heterocycles. The van der Waals surface area contributed by atoms with Gasteiger partial charge in [-0.1, -0.05) is 38.8 Å². The average molecular weight is 429 g/mol. The summed E-state index contributed by atoms with van der Waals surface area (Å²) in [5.41, 5.74) is 2.09. The zero-order valence-electron chi connectivity index (χ0n) is 18.4. The van der Waals surface area contributed by atoms with Crippen LogP contribution in [0.2, 0.25) is 0 Å². The Hall–Kier alpha value is -3.07. The smallest absolute Gasteiger partial charge is 0.227 e. The van der Waals surface area contributed by atoms with Crippen molar-refractivity contribution in [3.63, 3.8) is 0 Å². The van der Waals surface area contributed by atoms with Crippen molar-refractivity contribution in [2.24, 2.45) is 0 Å². The number of nitrogens with one attached hydrogen (secondary N) is 2. The van der Waals surface area contributed by atoms with Crippen molar-refractivity contribution in [3.05, 3.63) is 30.1 Å². The second kappa shape index (κ2) is 10.8. The molecule has 2 aromatic heterocycles.